The van der Waals surface area contributed by atoms with Crippen LogP contribution in [-0.2, 0) is 11.0 Å². The van der Waals surface area contributed by atoms with Crippen LogP contribution in [0, 0.1) is 0 Å². The Balaban J connectivity index is 1.50. The Morgan fingerprint density at radius 3 is 1.94 bits per heavy atom. The van der Waals surface area contributed by atoms with Crippen molar-refractivity contribution < 1.29 is 4.43 Å². The van der Waals surface area contributed by atoms with Gasteiger partial charge < -0.3 is 4.43 Å². The third-order valence-corrected chi connectivity index (χ3v) is 12.5. The van der Waals surface area contributed by atoms with E-state index in [1.165, 1.54) is 10.4 Å². The van der Waals surface area contributed by atoms with Crippen LogP contribution in [0.2, 0.25) is 5.04 Å². The molecule has 2 nitrogen and oxygen atoms in total. The average molecular weight is 553 g/mol. The maximum atomic E-state index is 7.13. The van der Waals surface area contributed by atoms with E-state index in [2.05, 4.69) is 140 Å². The molecule has 5 aromatic rings. The van der Waals surface area contributed by atoms with Gasteiger partial charge in [-0.3, -0.25) is 0 Å². The molecule has 0 atom stereocenters. The number of aromatic nitrogens is 1. The molecule has 0 saturated carbocycles. The summed E-state index contributed by atoms with van der Waals surface area (Å²) in [6.07, 6.45) is 0. The van der Waals surface area contributed by atoms with Crippen LogP contribution in [-0.4, -0.2) is 13.3 Å². The Kier molecular flexibility index (Phi) is 6.93. The van der Waals surface area contributed by atoms with Crippen LogP contribution in [0.15, 0.2) is 120 Å². The molecule has 180 valence electrons. The summed E-state index contributed by atoms with van der Waals surface area (Å²) in [6, 6.07) is 40.5. The number of nitrogens with zero attached hydrogens (tertiary/aromatic N) is 1. The van der Waals surface area contributed by atoms with Gasteiger partial charge in [0.25, 0.3) is 8.32 Å². The summed E-state index contributed by atoms with van der Waals surface area (Å²) in [5, 5.41) is 3.67. The Morgan fingerprint density at radius 1 is 0.722 bits per heavy atom. The van der Waals surface area contributed by atoms with Crippen molar-refractivity contribution in [3.63, 3.8) is 0 Å². The average Bonchev–Trinajstić information content (AvgIpc) is 2.90. The summed E-state index contributed by atoms with van der Waals surface area (Å²) in [6.45, 7) is 7.45. The molecular weight excluding hydrogens is 522 g/mol. The molecule has 4 aromatic carbocycles. The molecule has 0 saturated heterocycles. The SMILES string of the molecule is CC(C)(C)[Si](OCc1ccc(-c2ccc3ccccc3n2)cc1Br)(c1ccccc1)c1ccccc1. The first-order valence-corrected chi connectivity index (χ1v) is 15.0. The smallest absolute Gasteiger partial charge is 0.261 e. The van der Waals surface area contributed by atoms with E-state index < -0.39 is 8.32 Å². The molecule has 0 amide bonds. The highest BCUT2D eigenvalue weighted by atomic mass is 79.9. The molecule has 0 aliphatic carbocycles. The van der Waals surface area contributed by atoms with Crippen molar-refractivity contribution in [3.05, 3.63) is 125 Å². The zero-order valence-electron chi connectivity index (χ0n) is 20.9. The number of pyridine rings is 1. The zero-order chi connectivity index (χ0) is 25.2. The van der Waals surface area contributed by atoms with Crippen molar-refractivity contribution in [2.45, 2.75) is 32.4 Å². The Bertz CT molecular complexity index is 1440. The highest BCUT2D eigenvalue weighted by molar-refractivity contribution is 9.10. The van der Waals surface area contributed by atoms with Gasteiger partial charge in [0.15, 0.2) is 0 Å². The van der Waals surface area contributed by atoms with Gasteiger partial charge in [-0.2, -0.15) is 0 Å². The molecule has 0 spiro atoms. The summed E-state index contributed by atoms with van der Waals surface area (Å²) in [4.78, 5) is 4.87. The van der Waals surface area contributed by atoms with Crippen molar-refractivity contribution >= 4 is 45.5 Å². The number of hydrogen-bond donors (Lipinski definition) is 0. The number of fused-ring (bicyclic) bond motifs is 1. The lowest BCUT2D eigenvalue weighted by Gasteiger charge is -2.43. The van der Waals surface area contributed by atoms with Gasteiger partial charge in [-0.15, -0.1) is 0 Å². The van der Waals surface area contributed by atoms with Crippen LogP contribution in [0.25, 0.3) is 22.2 Å². The minimum absolute atomic E-state index is 0.0584. The number of hydrogen-bond acceptors (Lipinski definition) is 2. The third kappa shape index (κ3) is 4.69. The van der Waals surface area contributed by atoms with Gasteiger partial charge in [0, 0.05) is 15.4 Å². The second-order valence-corrected chi connectivity index (χ2v) is 15.3. The minimum atomic E-state index is -2.60. The predicted molar refractivity (Wildman–Crippen MR) is 157 cm³/mol. The Labute approximate surface area is 223 Å². The van der Waals surface area contributed by atoms with Gasteiger partial charge in [-0.1, -0.05) is 134 Å². The molecule has 0 fully saturated rings. The van der Waals surface area contributed by atoms with Gasteiger partial charge in [-0.25, -0.2) is 4.98 Å². The van der Waals surface area contributed by atoms with Crippen LogP contribution >= 0.6 is 15.9 Å². The zero-order valence-corrected chi connectivity index (χ0v) is 23.5. The highest BCUT2D eigenvalue weighted by Gasteiger charge is 2.50. The van der Waals surface area contributed by atoms with E-state index in [9.17, 15) is 0 Å². The molecular formula is C32H30BrNOSi. The number of halogens is 1. The molecule has 0 aliphatic rings. The summed E-state index contributed by atoms with van der Waals surface area (Å²) in [7, 11) is -2.60. The lowest BCUT2D eigenvalue weighted by Crippen LogP contribution is -2.66. The Morgan fingerprint density at radius 2 is 1.33 bits per heavy atom. The summed E-state index contributed by atoms with van der Waals surface area (Å²) < 4.78 is 8.16. The van der Waals surface area contributed by atoms with Crippen LogP contribution < -0.4 is 10.4 Å². The van der Waals surface area contributed by atoms with E-state index in [1.54, 1.807) is 0 Å². The van der Waals surface area contributed by atoms with E-state index >= 15 is 0 Å². The van der Waals surface area contributed by atoms with Crippen LogP contribution in [0.1, 0.15) is 26.3 Å². The molecule has 0 radical (unpaired) electrons. The van der Waals surface area contributed by atoms with Gasteiger partial charge in [-0.05, 0) is 39.2 Å². The van der Waals surface area contributed by atoms with Crippen molar-refractivity contribution in [2.75, 3.05) is 0 Å². The second-order valence-electron chi connectivity index (χ2n) is 10.1. The highest BCUT2D eigenvalue weighted by Crippen LogP contribution is 2.38. The minimum Gasteiger partial charge on any atom is -0.403 e. The topological polar surface area (TPSA) is 22.1 Å². The quantitative estimate of drug-likeness (QED) is 0.201. The number of benzene rings is 4. The summed E-state index contributed by atoms with van der Waals surface area (Å²) in [5.74, 6) is 0. The first kappa shape index (κ1) is 24.6. The van der Waals surface area contributed by atoms with E-state index in [-0.39, 0.29) is 5.04 Å². The van der Waals surface area contributed by atoms with E-state index in [0.29, 0.717) is 6.61 Å². The standard InChI is InChI=1S/C32H30BrNOSi/c1-32(2,3)36(27-13-6-4-7-14-27,28-15-8-5-9-16-28)35-23-26-19-18-25(22-29(26)33)31-21-20-24-12-10-11-17-30(24)34-31/h4-22H,23H2,1-3H3. The second kappa shape index (κ2) is 10.1. The van der Waals surface area contributed by atoms with Gasteiger partial charge in [0.2, 0.25) is 0 Å². The van der Waals surface area contributed by atoms with Crippen molar-refractivity contribution in [1.82, 2.24) is 4.98 Å². The lowest BCUT2D eigenvalue weighted by atomic mass is 10.1. The molecule has 36 heavy (non-hydrogen) atoms. The maximum Gasteiger partial charge on any atom is 0.261 e. The molecule has 0 bridgehead atoms. The van der Waals surface area contributed by atoms with Gasteiger partial charge in [0.05, 0.1) is 17.8 Å². The number of para-hydroxylation sites is 1. The molecule has 1 heterocycles. The van der Waals surface area contributed by atoms with Crippen molar-refractivity contribution in [1.29, 1.82) is 0 Å². The van der Waals surface area contributed by atoms with Crippen molar-refractivity contribution in [2.24, 2.45) is 0 Å². The van der Waals surface area contributed by atoms with Gasteiger partial charge in [0.1, 0.15) is 0 Å². The fourth-order valence-corrected chi connectivity index (χ4v) is 10.0. The molecule has 5 rings (SSSR count). The third-order valence-electron chi connectivity index (χ3n) is 6.81. The van der Waals surface area contributed by atoms with Crippen LogP contribution in [0.3, 0.4) is 0 Å². The predicted octanol–water partition coefficient (Wildman–Crippen LogP) is 7.74. The van der Waals surface area contributed by atoms with Crippen molar-refractivity contribution in [3.8, 4) is 11.3 Å². The molecule has 0 unspecified atom stereocenters. The number of rotatable bonds is 6. The normalized spacial score (nSPS) is 12.1. The van der Waals surface area contributed by atoms with Crippen LogP contribution in [0.4, 0.5) is 0 Å². The van der Waals surface area contributed by atoms with E-state index in [0.717, 1.165) is 32.2 Å². The largest absolute Gasteiger partial charge is 0.403 e. The Hall–Kier alpha value is -3.05. The molecule has 1 aromatic heterocycles. The fraction of sp³-hybridized carbons (Fsp3) is 0.156. The maximum absolute atomic E-state index is 7.13. The molecule has 4 heteroatoms. The summed E-state index contributed by atoms with van der Waals surface area (Å²) in [5.41, 5.74) is 4.19. The molecule has 0 N–H and O–H groups in total. The van der Waals surface area contributed by atoms with Crippen LogP contribution in [0.5, 0.6) is 0 Å². The fourth-order valence-electron chi connectivity index (χ4n) is 5.00. The first-order valence-electron chi connectivity index (χ1n) is 12.3. The molecule has 0 aliphatic heterocycles. The summed E-state index contributed by atoms with van der Waals surface area (Å²) >= 11 is 3.83. The first-order chi connectivity index (χ1) is 17.4. The van der Waals surface area contributed by atoms with Gasteiger partial charge >= 0.3 is 0 Å². The lowest BCUT2D eigenvalue weighted by molar-refractivity contribution is 0.285. The monoisotopic (exact) mass is 551 g/mol. The van der Waals surface area contributed by atoms with E-state index in [1.807, 2.05) is 12.1 Å². The van der Waals surface area contributed by atoms with E-state index in [4.69, 9.17) is 9.41 Å².